The van der Waals surface area contributed by atoms with Crippen LogP contribution in [0.5, 0.6) is 0 Å². The second-order valence-electron chi connectivity index (χ2n) is 4.66. The van der Waals surface area contributed by atoms with Crippen LogP contribution < -0.4 is 10.9 Å². The molecule has 0 atom stereocenters. The van der Waals surface area contributed by atoms with E-state index in [2.05, 4.69) is 21.2 Å². The number of halogens is 1. The topological polar surface area (TPSA) is 85.2 Å². The highest BCUT2D eigenvalue weighted by Crippen LogP contribution is 2.14. The molecule has 22 heavy (non-hydrogen) atoms. The molecule has 0 radical (unpaired) electrons. The number of sulfone groups is 1. The molecule has 2 aromatic rings. The third kappa shape index (κ3) is 4.28. The number of pyridine rings is 1. The highest BCUT2D eigenvalue weighted by atomic mass is 79.9. The lowest BCUT2D eigenvalue weighted by molar-refractivity contribution is -0.116. The molecule has 0 unspecified atom stereocenters. The van der Waals surface area contributed by atoms with Gasteiger partial charge < -0.3 is 9.88 Å². The predicted molar refractivity (Wildman–Crippen MR) is 86.6 cm³/mol. The summed E-state index contributed by atoms with van der Waals surface area (Å²) in [5.74, 6) is -0.382. The summed E-state index contributed by atoms with van der Waals surface area (Å²) in [6.45, 7) is -0.133. The number of hydrogen-bond donors (Lipinski definition) is 1. The molecular formula is C14H13BrN2O4S. The first-order valence-corrected chi connectivity index (χ1v) is 8.90. The maximum atomic E-state index is 11.9. The Morgan fingerprint density at radius 2 is 1.82 bits per heavy atom. The third-order valence-electron chi connectivity index (χ3n) is 2.83. The van der Waals surface area contributed by atoms with Crippen LogP contribution in [0.2, 0.25) is 0 Å². The Morgan fingerprint density at radius 3 is 2.41 bits per heavy atom. The molecule has 0 saturated carbocycles. The first kappa shape index (κ1) is 16.4. The molecule has 0 bridgehead atoms. The zero-order chi connectivity index (χ0) is 16.3. The van der Waals surface area contributed by atoms with Gasteiger partial charge in [-0.05, 0) is 46.3 Å². The number of amides is 1. The van der Waals surface area contributed by atoms with E-state index in [9.17, 15) is 18.0 Å². The molecule has 1 N–H and O–H groups in total. The number of benzene rings is 1. The monoisotopic (exact) mass is 384 g/mol. The van der Waals surface area contributed by atoms with Gasteiger partial charge in [0, 0.05) is 28.7 Å². The number of anilines is 1. The second kappa shape index (κ2) is 6.45. The molecule has 0 aliphatic rings. The summed E-state index contributed by atoms with van der Waals surface area (Å²) in [7, 11) is -3.27. The average molecular weight is 385 g/mol. The van der Waals surface area contributed by atoms with Gasteiger partial charge >= 0.3 is 0 Å². The maximum absolute atomic E-state index is 11.9. The van der Waals surface area contributed by atoms with Gasteiger partial charge in [-0.25, -0.2) is 8.42 Å². The van der Waals surface area contributed by atoms with Crippen molar-refractivity contribution in [1.29, 1.82) is 0 Å². The molecule has 1 aromatic carbocycles. The molecule has 0 saturated heterocycles. The van der Waals surface area contributed by atoms with Gasteiger partial charge in [0.2, 0.25) is 5.91 Å². The molecule has 0 aliphatic heterocycles. The van der Waals surface area contributed by atoms with E-state index in [0.717, 1.165) is 6.26 Å². The van der Waals surface area contributed by atoms with Crippen molar-refractivity contribution in [2.75, 3.05) is 11.6 Å². The number of carbonyl (C=O) groups excluding carboxylic acids is 1. The van der Waals surface area contributed by atoms with E-state index in [1.54, 1.807) is 6.07 Å². The van der Waals surface area contributed by atoms with E-state index in [1.807, 2.05) is 0 Å². The Bertz CT molecular complexity index is 857. The van der Waals surface area contributed by atoms with E-state index in [0.29, 0.717) is 10.2 Å². The number of carbonyl (C=O) groups is 1. The van der Waals surface area contributed by atoms with Crippen molar-refractivity contribution < 1.29 is 13.2 Å². The minimum atomic E-state index is -3.27. The number of rotatable bonds is 4. The van der Waals surface area contributed by atoms with Gasteiger partial charge in [-0.1, -0.05) is 0 Å². The molecule has 1 amide bonds. The summed E-state index contributed by atoms with van der Waals surface area (Å²) in [4.78, 5) is 23.7. The van der Waals surface area contributed by atoms with Crippen molar-refractivity contribution in [3.05, 3.63) is 57.4 Å². The van der Waals surface area contributed by atoms with Gasteiger partial charge in [-0.3, -0.25) is 9.59 Å². The predicted octanol–water partition coefficient (Wildman–Crippen LogP) is 1.65. The summed E-state index contributed by atoms with van der Waals surface area (Å²) in [5.41, 5.74) is 0.172. The third-order valence-corrected chi connectivity index (χ3v) is 4.43. The Kier molecular flexibility index (Phi) is 4.82. The van der Waals surface area contributed by atoms with E-state index in [-0.39, 0.29) is 22.9 Å². The molecule has 0 spiro atoms. The van der Waals surface area contributed by atoms with Crippen molar-refractivity contribution in [3.8, 4) is 0 Å². The van der Waals surface area contributed by atoms with Crippen molar-refractivity contribution >= 4 is 37.4 Å². The number of nitrogens with one attached hydrogen (secondary N) is 1. The van der Waals surface area contributed by atoms with Gasteiger partial charge in [0.25, 0.3) is 5.56 Å². The van der Waals surface area contributed by atoms with Crippen LogP contribution in [0.25, 0.3) is 0 Å². The van der Waals surface area contributed by atoms with Crippen LogP contribution in [0.15, 0.2) is 56.8 Å². The standard InChI is InChI=1S/C14H13BrN2O4S/c1-22(20,21)12-5-3-11(4-6-12)16-13(18)9-17-8-10(15)2-7-14(17)19/h2-8H,9H2,1H3,(H,16,18). The molecule has 1 heterocycles. The summed E-state index contributed by atoms with van der Waals surface area (Å²) in [6.07, 6.45) is 2.63. The summed E-state index contributed by atoms with van der Waals surface area (Å²) >= 11 is 3.23. The number of nitrogens with zero attached hydrogens (tertiary/aromatic N) is 1. The Hall–Kier alpha value is -1.93. The average Bonchev–Trinajstić information content (AvgIpc) is 2.42. The molecule has 8 heteroatoms. The molecule has 1 aromatic heterocycles. The SMILES string of the molecule is CS(=O)(=O)c1ccc(NC(=O)Cn2cc(Br)ccc2=O)cc1. The van der Waals surface area contributed by atoms with Crippen molar-refractivity contribution in [1.82, 2.24) is 4.57 Å². The van der Waals surface area contributed by atoms with Gasteiger partial charge in [-0.2, -0.15) is 0 Å². The van der Waals surface area contributed by atoms with E-state index in [4.69, 9.17) is 0 Å². The molecule has 0 aliphatic carbocycles. The molecule has 6 nitrogen and oxygen atoms in total. The lowest BCUT2D eigenvalue weighted by Crippen LogP contribution is -2.26. The summed E-state index contributed by atoms with van der Waals surface area (Å²) < 4.78 is 24.7. The normalized spacial score (nSPS) is 11.2. The van der Waals surface area contributed by atoms with Crippen LogP contribution in [-0.4, -0.2) is 25.1 Å². The highest BCUT2D eigenvalue weighted by molar-refractivity contribution is 9.10. The molecule has 0 fully saturated rings. The zero-order valence-electron chi connectivity index (χ0n) is 11.6. The van der Waals surface area contributed by atoms with E-state index >= 15 is 0 Å². The van der Waals surface area contributed by atoms with Gasteiger partial charge in [-0.15, -0.1) is 0 Å². The molecule has 116 valence electrons. The zero-order valence-corrected chi connectivity index (χ0v) is 14.0. The lowest BCUT2D eigenvalue weighted by atomic mass is 10.3. The molecular weight excluding hydrogens is 372 g/mol. The van der Waals surface area contributed by atoms with Crippen molar-refractivity contribution in [2.24, 2.45) is 0 Å². The van der Waals surface area contributed by atoms with Gasteiger partial charge in [0.1, 0.15) is 6.54 Å². The summed E-state index contributed by atoms with van der Waals surface area (Å²) in [6, 6.07) is 8.78. The van der Waals surface area contributed by atoms with Gasteiger partial charge in [0.15, 0.2) is 9.84 Å². The first-order chi connectivity index (χ1) is 10.3. The fourth-order valence-electron chi connectivity index (χ4n) is 1.77. The maximum Gasteiger partial charge on any atom is 0.251 e. The fraction of sp³-hybridized carbons (Fsp3) is 0.143. The van der Waals surface area contributed by atoms with Crippen LogP contribution in [0.3, 0.4) is 0 Å². The Morgan fingerprint density at radius 1 is 1.18 bits per heavy atom. The number of hydrogen-bond acceptors (Lipinski definition) is 4. The second-order valence-corrected chi connectivity index (χ2v) is 7.59. The first-order valence-electron chi connectivity index (χ1n) is 6.22. The van der Waals surface area contributed by atoms with Crippen LogP contribution in [0, 0.1) is 0 Å². The number of aromatic nitrogens is 1. The lowest BCUT2D eigenvalue weighted by Gasteiger charge is -2.08. The smallest absolute Gasteiger partial charge is 0.251 e. The highest BCUT2D eigenvalue weighted by Gasteiger charge is 2.08. The van der Waals surface area contributed by atoms with E-state index < -0.39 is 9.84 Å². The van der Waals surface area contributed by atoms with Crippen molar-refractivity contribution in [3.63, 3.8) is 0 Å². The van der Waals surface area contributed by atoms with E-state index in [1.165, 1.54) is 41.1 Å². The minimum absolute atomic E-state index is 0.133. The summed E-state index contributed by atoms with van der Waals surface area (Å²) in [5, 5.41) is 2.61. The van der Waals surface area contributed by atoms with Crippen molar-refractivity contribution in [2.45, 2.75) is 11.4 Å². The van der Waals surface area contributed by atoms with Crippen LogP contribution in [-0.2, 0) is 21.2 Å². The minimum Gasteiger partial charge on any atom is -0.325 e. The largest absolute Gasteiger partial charge is 0.325 e. The Labute approximate surface area is 135 Å². The quantitative estimate of drug-likeness (QED) is 0.868. The fourth-order valence-corrected chi connectivity index (χ4v) is 2.78. The Balaban J connectivity index is 2.09. The van der Waals surface area contributed by atoms with Gasteiger partial charge in [0.05, 0.1) is 4.90 Å². The molecule has 2 rings (SSSR count). The van der Waals surface area contributed by atoms with Crippen LogP contribution in [0.1, 0.15) is 0 Å². The van der Waals surface area contributed by atoms with Crippen LogP contribution in [0.4, 0.5) is 5.69 Å². The van der Waals surface area contributed by atoms with Crippen LogP contribution >= 0.6 is 15.9 Å².